The fourth-order valence-corrected chi connectivity index (χ4v) is 3.60. The third-order valence-corrected chi connectivity index (χ3v) is 5.26. The van der Waals surface area contributed by atoms with Gasteiger partial charge in [0.15, 0.2) is 0 Å². The Morgan fingerprint density at radius 1 is 1.19 bits per heavy atom. The number of carbonyl (C=O) groups excluding carboxylic acids is 3. The number of nitrogens with one attached hydrogen (secondary N) is 3. The van der Waals surface area contributed by atoms with Gasteiger partial charge >= 0.3 is 0 Å². The van der Waals surface area contributed by atoms with E-state index in [-0.39, 0.29) is 30.3 Å². The van der Waals surface area contributed by atoms with E-state index in [1.165, 1.54) is 4.90 Å². The number of benzene rings is 1. The molecule has 180 valence electrons. The first-order chi connectivity index (χ1) is 15.4. The van der Waals surface area contributed by atoms with Crippen molar-refractivity contribution in [2.45, 2.75) is 52.5 Å². The highest BCUT2D eigenvalue weighted by Gasteiger charge is 2.27. The number of amides is 3. The molecule has 0 fully saturated rings. The molecule has 0 radical (unpaired) electrons. The Labute approximate surface area is 192 Å². The number of rotatable bonds is 17. The predicted molar refractivity (Wildman–Crippen MR) is 127 cm³/mol. The van der Waals surface area contributed by atoms with Crippen LogP contribution in [0.4, 0.5) is 0 Å². The van der Waals surface area contributed by atoms with E-state index in [4.69, 9.17) is 4.74 Å². The maximum Gasteiger partial charge on any atom is 0.240 e. The molecule has 1 aromatic carbocycles. The van der Waals surface area contributed by atoms with Crippen LogP contribution in [-0.2, 0) is 20.8 Å². The van der Waals surface area contributed by atoms with Crippen molar-refractivity contribution >= 4 is 18.2 Å². The summed E-state index contributed by atoms with van der Waals surface area (Å²) in [7, 11) is 1.66. The van der Waals surface area contributed by atoms with Crippen LogP contribution in [0.5, 0.6) is 5.75 Å². The highest BCUT2D eigenvalue weighted by atomic mass is 16.5. The smallest absolute Gasteiger partial charge is 0.240 e. The highest BCUT2D eigenvalue weighted by Crippen LogP contribution is 2.19. The second-order valence-corrected chi connectivity index (χ2v) is 7.98. The Bertz CT molecular complexity index is 698. The first-order valence-electron chi connectivity index (χ1n) is 11.6. The third kappa shape index (κ3) is 10.1. The summed E-state index contributed by atoms with van der Waals surface area (Å²) < 4.78 is 5.98. The lowest BCUT2D eigenvalue weighted by Gasteiger charge is -2.28. The Morgan fingerprint density at radius 2 is 1.94 bits per heavy atom. The molecule has 0 spiro atoms. The van der Waals surface area contributed by atoms with Crippen LogP contribution in [0, 0.1) is 5.92 Å². The van der Waals surface area contributed by atoms with Crippen LogP contribution in [0.1, 0.15) is 45.6 Å². The average molecular weight is 449 g/mol. The van der Waals surface area contributed by atoms with Crippen LogP contribution in [0.3, 0.4) is 0 Å². The Morgan fingerprint density at radius 3 is 2.62 bits per heavy atom. The van der Waals surface area contributed by atoms with Crippen LogP contribution in [0.2, 0.25) is 0 Å². The molecule has 3 amide bonds. The fraction of sp³-hybridized carbons (Fsp3) is 0.625. The van der Waals surface area contributed by atoms with Gasteiger partial charge in [0.1, 0.15) is 12.4 Å². The Hall–Kier alpha value is -2.61. The molecule has 2 atom stereocenters. The van der Waals surface area contributed by atoms with Gasteiger partial charge in [-0.1, -0.05) is 38.5 Å². The molecule has 8 heteroatoms. The molecule has 0 saturated carbocycles. The molecule has 3 N–H and O–H groups in total. The number of hydrogen-bond donors (Lipinski definition) is 3. The second kappa shape index (κ2) is 16.1. The molecule has 0 bridgehead atoms. The largest absolute Gasteiger partial charge is 0.492 e. The summed E-state index contributed by atoms with van der Waals surface area (Å²) in [5.74, 6) is 0.717. The Kier molecular flexibility index (Phi) is 13.8. The van der Waals surface area contributed by atoms with E-state index in [2.05, 4.69) is 29.8 Å². The summed E-state index contributed by atoms with van der Waals surface area (Å²) in [5.41, 5.74) is 1.09. The molecule has 1 rings (SSSR count). The number of nitrogens with zero attached hydrogens (tertiary/aromatic N) is 1. The van der Waals surface area contributed by atoms with Gasteiger partial charge in [0.25, 0.3) is 0 Å². The third-order valence-electron chi connectivity index (χ3n) is 5.26. The van der Waals surface area contributed by atoms with Gasteiger partial charge in [-0.15, -0.1) is 0 Å². The minimum atomic E-state index is -0.373. The molecule has 32 heavy (non-hydrogen) atoms. The van der Waals surface area contributed by atoms with Gasteiger partial charge in [0.05, 0.1) is 12.6 Å². The van der Waals surface area contributed by atoms with Crippen molar-refractivity contribution < 1.29 is 19.1 Å². The van der Waals surface area contributed by atoms with Crippen molar-refractivity contribution in [2.24, 2.45) is 5.92 Å². The molecule has 2 unspecified atom stereocenters. The summed E-state index contributed by atoms with van der Waals surface area (Å²) >= 11 is 0. The molecule has 0 aliphatic rings. The van der Waals surface area contributed by atoms with E-state index in [0.29, 0.717) is 32.7 Å². The van der Waals surface area contributed by atoms with Crippen LogP contribution in [-0.4, -0.2) is 69.0 Å². The lowest BCUT2D eigenvalue weighted by Crippen LogP contribution is -2.51. The molecule has 1 aromatic rings. The Balaban J connectivity index is 2.63. The molecule has 0 aliphatic heterocycles. The summed E-state index contributed by atoms with van der Waals surface area (Å²) in [4.78, 5) is 36.7. The quantitative estimate of drug-likeness (QED) is 0.249. The van der Waals surface area contributed by atoms with Crippen molar-refractivity contribution in [2.75, 3.05) is 39.8 Å². The summed E-state index contributed by atoms with van der Waals surface area (Å²) in [6, 6.07) is 7.49. The van der Waals surface area contributed by atoms with E-state index in [9.17, 15) is 14.4 Å². The maximum atomic E-state index is 13.0. The van der Waals surface area contributed by atoms with Gasteiger partial charge in [0.2, 0.25) is 18.2 Å². The number of hydrogen-bond acceptors (Lipinski definition) is 5. The second-order valence-electron chi connectivity index (χ2n) is 7.98. The summed E-state index contributed by atoms with van der Waals surface area (Å²) in [6.45, 7) is 8.17. The van der Waals surface area contributed by atoms with Gasteiger partial charge < -0.3 is 25.6 Å². The van der Waals surface area contributed by atoms with E-state index >= 15 is 0 Å². The first kappa shape index (κ1) is 27.4. The van der Waals surface area contributed by atoms with Crippen molar-refractivity contribution in [3.05, 3.63) is 29.8 Å². The SMILES string of the molecule is CCCC(C)C(NCCOc1ccccc1CCCNC=O)C(=O)N(C)CC(=O)NCC. The standard InChI is InChI=1S/C24H40N4O4/c1-5-10-19(3)23(24(31)28(4)17-22(30)26-6-2)27-15-16-32-21-13-8-7-11-20(21)12-9-14-25-18-29/h7-8,11,13,18-19,23,27H,5-6,9-10,12,14-17H2,1-4H3,(H,25,29)(H,26,30). The molecule has 0 aromatic heterocycles. The van der Waals surface area contributed by atoms with Crippen molar-refractivity contribution in [1.29, 1.82) is 0 Å². The van der Waals surface area contributed by atoms with Gasteiger partial charge in [-0.05, 0) is 43.7 Å². The first-order valence-corrected chi connectivity index (χ1v) is 11.6. The normalized spacial score (nSPS) is 12.5. The fourth-order valence-electron chi connectivity index (χ4n) is 3.60. The topological polar surface area (TPSA) is 99.8 Å². The molecular weight excluding hydrogens is 408 g/mol. The number of carbonyl (C=O) groups is 3. The van der Waals surface area contributed by atoms with Crippen LogP contribution in [0.15, 0.2) is 24.3 Å². The van der Waals surface area contributed by atoms with Gasteiger partial charge in [0, 0.05) is 26.7 Å². The summed E-state index contributed by atoms with van der Waals surface area (Å²) in [5, 5.41) is 8.74. The van der Waals surface area contributed by atoms with Crippen molar-refractivity contribution in [1.82, 2.24) is 20.9 Å². The number of ether oxygens (including phenoxy) is 1. The zero-order chi connectivity index (χ0) is 23.8. The van der Waals surface area contributed by atoms with Crippen molar-refractivity contribution in [3.8, 4) is 5.75 Å². The van der Waals surface area contributed by atoms with Gasteiger partial charge in [-0.25, -0.2) is 0 Å². The zero-order valence-electron chi connectivity index (χ0n) is 20.0. The molecular formula is C24H40N4O4. The lowest BCUT2D eigenvalue weighted by atomic mass is 9.95. The van der Waals surface area contributed by atoms with Gasteiger partial charge in [-0.2, -0.15) is 0 Å². The lowest BCUT2D eigenvalue weighted by molar-refractivity contribution is -0.137. The number of likely N-dealkylation sites (N-methyl/N-ethyl adjacent to an activating group) is 2. The van der Waals surface area contributed by atoms with E-state index in [0.717, 1.165) is 37.0 Å². The zero-order valence-corrected chi connectivity index (χ0v) is 20.0. The van der Waals surface area contributed by atoms with Gasteiger partial charge in [-0.3, -0.25) is 14.4 Å². The van der Waals surface area contributed by atoms with Crippen LogP contribution < -0.4 is 20.7 Å². The molecule has 0 saturated heterocycles. The van der Waals surface area contributed by atoms with E-state index < -0.39 is 0 Å². The minimum absolute atomic E-state index is 0.0481. The number of aryl methyl sites for hydroxylation is 1. The monoisotopic (exact) mass is 448 g/mol. The minimum Gasteiger partial charge on any atom is -0.492 e. The van der Waals surface area contributed by atoms with Crippen molar-refractivity contribution in [3.63, 3.8) is 0 Å². The number of para-hydroxylation sites is 1. The van der Waals surface area contributed by atoms with Crippen LogP contribution >= 0.6 is 0 Å². The molecule has 0 heterocycles. The molecule has 8 nitrogen and oxygen atoms in total. The molecule has 0 aliphatic carbocycles. The van der Waals surface area contributed by atoms with E-state index in [1.54, 1.807) is 7.05 Å². The average Bonchev–Trinajstić information content (AvgIpc) is 2.77. The summed E-state index contributed by atoms with van der Waals surface area (Å²) in [6.07, 6.45) is 4.25. The van der Waals surface area contributed by atoms with E-state index in [1.807, 2.05) is 31.2 Å². The highest BCUT2D eigenvalue weighted by molar-refractivity contribution is 5.87. The predicted octanol–water partition coefficient (Wildman–Crippen LogP) is 1.73. The van der Waals surface area contributed by atoms with Crippen LogP contribution in [0.25, 0.3) is 0 Å². The maximum absolute atomic E-state index is 13.0.